The van der Waals surface area contributed by atoms with Gasteiger partial charge in [-0.1, -0.05) is 22.0 Å². The van der Waals surface area contributed by atoms with E-state index in [4.69, 9.17) is 9.47 Å². The first-order valence-corrected chi connectivity index (χ1v) is 11.0. The summed E-state index contributed by atoms with van der Waals surface area (Å²) >= 11 is 3.28. The summed E-state index contributed by atoms with van der Waals surface area (Å²) in [6, 6.07) is 5.12. The molecule has 0 bridgehead atoms. The van der Waals surface area contributed by atoms with Crippen molar-refractivity contribution in [2.45, 2.75) is 32.5 Å². The molecular formula is C22H27BrFN3O2. The van der Waals surface area contributed by atoms with Gasteiger partial charge >= 0.3 is 0 Å². The first kappa shape index (κ1) is 20.7. The number of piperidine rings is 1. The largest absolute Gasteiger partial charge is 0.380 e. The van der Waals surface area contributed by atoms with E-state index in [-0.39, 0.29) is 5.82 Å². The van der Waals surface area contributed by atoms with Crippen LogP contribution in [0.3, 0.4) is 0 Å². The van der Waals surface area contributed by atoms with Gasteiger partial charge in [0.25, 0.3) is 0 Å². The molecule has 7 heteroatoms. The van der Waals surface area contributed by atoms with E-state index in [0.717, 1.165) is 47.5 Å². The van der Waals surface area contributed by atoms with Crippen molar-refractivity contribution in [3.8, 4) is 0 Å². The van der Waals surface area contributed by atoms with Crippen LogP contribution in [0.4, 0.5) is 10.3 Å². The van der Waals surface area contributed by atoms with Crippen molar-refractivity contribution in [2.24, 2.45) is 17.8 Å². The molecule has 2 aromatic rings. The molecule has 0 unspecified atom stereocenters. The van der Waals surface area contributed by atoms with E-state index in [2.05, 4.69) is 30.8 Å². The molecule has 29 heavy (non-hydrogen) atoms. The van der Waals surface area contributed by atoms with Crippen LogP contribution in [-0.4, -0.2) is 36.8 Å². The van der Waals surface area contributed by atoms with E-state index in [0.29, 0.717) is 24.7 Å². The average Bonchev–Trinajstić information content (AvgIpc) is 3.50. The Bertz CT molecular complexity index is 812. The van der Waals surface area contributed by atoms with Gasteiger partial charge in [0, 0.05) is 48.2 Å². The zero-order valence-corrected chi connectivity index (χ0v) is 18.3. The minimum Gasteiger partial charge on any atom is -0.380 e. The Kier molecular flexibility index (Phi) is 6.77. The summed E-state index contributed by atoms with van der Waals surface area (Å²) in [4.78, 5) is 11.2. The van der Waals surface area contributed by atoms with Crippen LogP contribution in [0.5, 0.6) is 0 Å². The lowest BCUT2D eigenvalue weighted by Gasteiger charge is -2.32. The summed E-state index contributed by atoms with van der Waals surface area (Å²) in [6.45, 7) is 3.62. The van der Waals surface area contributed by atoms with E-state index >= 15 is 0 Å². The molecule has 2 aliphatic rings. The van der Waals surface area contributed by atoms with Gasteiger partial charge in [-0.3, -0.25) is 0 Å². The number of ether oxygens (including phenoxy) is 2. The Balaban J connectivity index is 1.18. The SMILES string of the molecule is COCc1cnc(N2CCC([C@H]3C[C@H]3COCc3ccc(Br)cc3F)CC2)nc1. The molecule has 1 aliphatic heterocycles. The van der Waals surface area contributed by atoms with Crippen LogP contribution in [0.2, 0.25) is 0 Å². The van der Waals surface area contributed by atoms with Crippen molar-refractivity contribution in [3.63, 3.8) is 0 Å². The molecule has 156 valence electrons. The van der Waals surface area contributed by atoms with Crippen molar-refractivity contribution < 1.29 is 13.9 Å². The predicted molar refractivity (Wildman–Crippen MR) is 113 cm³/mol. The number of nitrogens with zero attached hydrogens (tertiary/aromatic N) is 3. The zero-order valence-electron chi connectivity index (χ0n) is 16.7. The number of halogens is 2. The van der Waals surface area contributed by atoms with Gasteiger partial charge in [0.2, 0.25) is 5.95 Å². The molecule has 0 spiro atoms. The standard InChI is InChI=1S/C22H27BrFN3O2/c1-28-12-15-10-25-22(26-11-15)27-6-4-16(5-7-27)20-8-18(20)14-29-13-17-2-3-19(23)9-21(17)24/h2-3,9-11,16,18,20H,4-8,12-14H2,1H3/t18-,20+/m0/s1. The maximum Gasteiger partial charge on any atom is 0.225 e. The monoisotopic (exact) mass is 463 g/mol. The highest BCUT2D eigenvalue weighted by atomic mass is 79.9. The normalized spacial score (nSPS) is 22.1. The summed E-state index contributed by atoms with van der Waals surface area (Å²) in [5, 5.41) is 0. The second-order valence-electron chi connectivity index (χ2n) is 8.06. The highest BCUT2D eigenvalue weighted by Gasteiger charge is 2.43. The van der Waals surface area contributed by atoms with Gasteiger partial charge in [0.1, 0.15) is 5.82 Å². The fraction of sp³-hybridized carbons (Fsp3) is 0.545. The van der Waals surface area contributed by atoms with Crippen LogP contribution in [0.1, 0.15) is 30.4 Å². The molecule has 0 N–H and O–H groups in total. The van der Waals surface area contributed by atoms with Gasteiger partial charge in [0.05, 0.1) is 19.8 Å². The fourth-order valence-electron chi connectivity index (χ4n) is 4.28. The van der Waals surface area contributed by atoms with E-state index in [1.165, 1.54) is 25.3 Å². The second kappa shape index (κ2) is 9.49. The third-order valence-electron chi connectivity index (χ3n) is 6.01. The molecule has 5 nitrogen and oxygen atoms in total. The number of hydrogen-bond donors (Lipinski definition) is 0. The second-order valence-corrected chi connectivity index (χ2v) is 8.97. The quantitative estimate of drug-likeness (QED) is 0.572. The predicted octanol–water partition coefficient (Wildman–Crippen LogP) is 4.59. The Labute approximate surface area is 179 Å². The molecule has 2 heterocycles. The van der Waals surface area contributed by atoms with Crippen LogP contribution < -0.4 is 4.90 Å². The van der Waals surface area contributed by atoms with Crippen molar-refractivity contribution >= 4 is 21.9 Å². The van der Waals surface area contributed by atoms with Gasteiger partial charge in [-0.15, -0.1) is 0 Å². The summed E-state index contributed by atoms with van der Waals surface area (Å²) in [7, 11) is 1.67. The Morgan fingerprint density at radius 2 is 1.93 bits per heavy atom. The van der Waals surface area contributed by atoms with Gasteiger partial charge < -0.3 is 14.4 Å². The van der Waals surface area contributed by atoms with Crippen LogP contribution in [0.15, 0.2) is 35.1 Å². The maximum absolute atomic E-state index is 13.9. The lowest BCUT2D eigenvalue weighted by molar-refractivity contribution is 0.102. The van der Waals surface area contributed by atoms with Crippen LogP contribution in [0.25, 0.3) is 0 Å². The van der Waals surface area contributed by atoms with Gasteiger partial charge in [0.15, 0.2) is 0 Å². The number of hydrogen-bond acceptors (Lipinski definition) is 5. The first-order valence-electron chi connectivity index (χ1n) is 10.2. The zero-order chi connectivity index (χ0) is 20.2. The van der Waals surface area contributed by atoms with Crippen molar-refractivity contribution in [3.05, 3.63) is 52.0 Å². The number of rotatable bonds is 8. The summed E-state index contributed by atoms with van der Waals surface area (Å²) in [5.74, 6) is 2.72. The van der Waals surface area contributed by atoms with Gasteiger partial charge in [-0.05, 0) is 49.1 Å². The molecule has 2 atom stereocenters. The maximum atomic E-state index is 13.9. The number of anilines is 1. The molecule has 1 saturated heterocycles. The Hall–Kier alpha value is -1.57. The lowest BCUT2D eigenvalue weighted by atomic mass is 9.91. The van der Waals surface area contributed by atoms with E-state index < -0.39 is 0 Å². The highest BCUT2D eigenvalue weighted by Crippen LogP contribution is 2.48. The Morgan fingerprint density at radius 3 is 2.62 bits per heavy atom. The molecule has 2 fully saturated rings. The van der Waals surface area contributed by atoms with Gasteiger partial charge in [-0.25, -0.2) is 14.4 Å². The molecule has 1 aliphatic carbocycles. The third-order valence-corrected chi connectivity index (χ3v) is 6.51. The molecule has 4 rings (SSSR count). The molecule has 0 amide bonds. The van der Waals surface area contributed by atoms with E-state index in [1.54, 1.807) is 13.2 Å². The Morgan fingerprint density at radius 1 is 1.17 bits per heavy atom. The third kappa shape index (κ3) is 5.32. The minimum absolute atomic E-state index is 0.212. The fourth-order valence-corrected chi connectivity index (χ4v) is 4.61. The summed E-state index contributed by atoms with van der Waals surface area (Å²) in [5.41, 5.74) is 1.62. The summed E-state index contributed by atoms with van der Waals surface area (Å²) < 4.78 is 25.5. The lowest BCUT2D eigenvalue weighted by Crippen LogP contribution is -2.35. The van der Waals surface area contributed by atoms with E-state index in [1.807, 2.05) is 18.5 Å². The van der Waals surface area contributed by atoms with Crippen LogP contribution in [0, 0.1) is 23.6 Å². The van der Waals surface area contributed by atoms with Crippen molar-refractivity contribution in [1.82, 2.24) is 9.97 Å². The number of aromatic nitrogens is 2. The van der Waals surface area contributed by atoms with Crippen molar-refractivity contribution in [1.29, 1.82) is 0 Å². The molecule has 1 saturated carbocycles. The minimum atomic E-state index is -0.212. The average molecular weight is 464 g/mol. The van der Waals surface area contributed by atoms with E-state index in [9.17, 15) is 4.39 Å². The topological polar surface area (TPSA) is 47.5 Å². The van der Waals surface area contributed by atoms with Crippen LogP contribution in [-0.2, 0) is 22.7 Å². The molecule has 1 aromatic carbocycles. The smallest absolute Gasteiger partial charge is 0.225 e. The van der Waals surface area contributed by atoms with Crippen molar-refractivity contribution in [2.75, 3.05) is 31.7 Å². The molecular weight excluding hydrogens is 437 g/mol. The highest BCUT2D eigenvalue weighted by molar-refractivity contribution is 9.10. The first-order chi connectivity index (χ1) is 14.1. The molecule has 1 aromatic heterocycles. The van der Waals surface area contributed by atoms with Gasteiger partial charge in [-0.2, -0.15) is 0 Å². The number of benzene rings is 1. The molecule has 0 radical (unpaired) electrons. The van der Waals surface area contributed by atoms with Crippen LogP contribution >= 0.6 is 15.9 Å². The number of methoxy groups -OCH3 is 1. The summed E-state index contributed by atoms with van der Waals surface area (Å²) in [6.07, 6.45) is 7.27.